The van der Waals surface area contributed by atoms with Crippen LogP contribution >= 0.6 is 0 Å². The van der Waals surface area contributed by atoms with Crippen molar-refractivity contribution in [2.24, 2.45) is 0 Å². The van der Waals surface area contributed by atoms with Crippen LogP contribution in [-0.2, 0) is 22.9 Å². The highest BCUT2D eigenvalue weighted by Gasteiger charge is 2.21. The Balaban J connectivity index is 1.83. The van der Waals surface area contributed by atoms with Gasteiger partial charge in [0.15, 0.2) is 0 Å². The third kappa shape index (κ3) is 3.83. The lowest BCUT2D eigenvalue weighted by Crippen LogP contribution is -2.12. The van der Waals surface area contributed by atoms with Crippen LogP contribution in [0.2, 0.25) is 0 Å². The predicted molar refractivity (Wildman–Crippen MR) is 122 cm³/mol. The van der Waals surface area contributed by atoms with E-state index in [1.807, 2.05) is 30.3 Å². The van der Waals surface area contributed by atoms with E-state index < -0.39 is 10.0 Å². The Bertz CT molecular complexity index is 1280. The van der Waals surface area contributed by atoms with Gasteiger partial charge in [-0.3, -0.25) is 4.98 Å². The van der Waals surface area contributed by atoms with E-state index in [-0.39, 0.29) is 4.90 Å². The van der Waals surface area contributed by atoms with Gasteiger partial charge >= 0.3 is 0 Å². The summed E-state index contributed by atoms with van der Waals surface area (Å²) in [5.74, 6) is 0. The lowest BCUT2D eigenvalue weighted by molar-refractivity contribution is 0.588. The number of anilines is 2. The van der Waals surface area contributed by atoms with Crippen LogP contribution in [0.4, 0.5) is 11.4 Å². The minimum absolute atomic E-state index is 0.180. The fourth-order valence-corrected chi connectivity index (χ4v) is 5.01. The summed E-state index contributed by atoms with van der Waals surface area (Å²) >= 11 is 0. The number of nitrogens with one attached hydrogen (secondary N) is 1. The smallest absolute Gasteiger partial charge is 0.269 e. The average Bonchev–Trinajstić information content (AvgIpc) is 3.13. The van der Waals surface area contributed by atoms with Gasteiger partial charge in [-0.1, -0.05) is 38.5 Å². The van der Waals surface area contributed by atoms with E-state index >= 15 is 0 Å². The molecule has 30 heavy (non-hydrogen) atoms. The first-order valence-corrected chi connectivity index (χ1v) is 11.6. The molecule has 0 bridgehead atoms. The van der Waals surface area contributed by atoms with Crippen molar-refractivity contribution in [3.05, 3.63) is 84.3 Å². The van der Waals surface area contributed by atoms with Gasteiger partial charge in [-0.2, -0.15) is 0 Å². The molecule has 0 atom stereocenters. The van der Waals surface area contributed by atoms with Crippen LogP contribution in [0.15, 0.2) is 78.1 Å². The topological polar surface area (TPSA) is 64.0 Å². The molecule has 0 fully saturated rings. The molecule has 0 aliphatic heterocycles. The fraction of sp³-hybridized carbons (Fsp3) is 0.208. The highest BCUT2D eigenvalue weighted by atomic mass is 32.2. The van der Waals surface area contributed by atoms with Gasteiger partial charge in [0.05, 0.1) is 5.52 Å². The number of hydrogen-bond donors (Lipinski definition) is 1. The first-order chi connectivity index (χ1) is 14.5. The van der Waals surface area contributed by atoms with E-state index in [0.29, 0.717) is 5.52 Å². The van der Waals surface area contributed by atoms with Crippen LogP contribution in [-0.4, -0.2) is 17.4 Å². The summed E-state index contributed by atoms with van der Waals surface area (Å²) in [5, 5.41) is 4.37. The Hall–Kier alpha value is -3.12. The van der Waals surface area contributed by atoms with Crippen LogP contribution < -0.4 is 5.32 Å². The zero-order valence-electron chi connectivity index (χ0n) is 17.2. The normalized spacial score (nSPS) is 11.7. The summed E-state index contributed by atoms with van der Waals surface area (Å²) in [6.45, 7) is 4.21. The van der Waals surface area contributed by atoms with E-state index in [1.165, 1.54) is 15.7 Å². The molecule has 2 heterocycles. The maximum absolute atomic E-state index is 13.3. The second kappa shape index (κ2) is 8.32. The van der Waals surface area contributed by atoms with Gasteiger partial charge in [0.2, 0.25) is 0 Å². The Morgan fingerprint density at radius 1 is 1.00 bits per heavy atom. The van der Waals surface area contributed by atoms with Crippen LogP contribution in [0.1, 0.15) is 31.4 Å². The fourth-order valence-electron chi connectivity index (χ4n) is 3.66. The van der Waals surface area contributed by atoms with Crippen molar-refractivity contribution in [2.45, 2.75) is 38.0 Å². The molecular weight excluding hydrogens is 394 g/mol. The highest BCUT2D eigenvalue weighted by Crippen LogP contribution is 2.30. The number of rotatable bonds is 7. The molecule has 4 rings (SSSR count). The average molecular weight is 420 g/mol. The summed E-state index contributed by atoms with van der Waals surface area (Å²) in [6, 6.07) is 17.4. The quantitative estimate of drug-likeness (QED) is 0.428. The number of benzene rings is 2. The SMILES string of the molecule is CCCc1cn(S(=O)(=O)c2cccnc2)c2cc(Nc3cccc(CC)c3)ccc12. The van der Waals surface area contributed by atoms with Crippen LogP contribution in [0.5, 0.6) is 0 Å². The van der Waals surface area contributed by atoms with E-state index in [4.69, 9.17) is 0 Å². The molecule has 0 aliphatic carbocycles. The van der Waals surface area contributed by atoms with Crippen molar-refractivity contribution in [3.8, 4) is 0 Å². The van der Waals surface area contributed by atoms with E-state index in [1.54, 1.807) is 24.5 Å². The van der Waals surface area contributed by atoms with Gasteiger partial charge in [-0.25, -0.2) is 12.4 Å². The van der Waals surface area contributed by atoms with Gasteiger partial charge < -0.3 is 5.32 Å². The number of hydrogen-bond acceptors (Lipinski definition) is 4. The lowest BCUT2D eigenvalue weighted by Gasteiger charge is -2.10. The van der Waals surface area contributed by atoms with Gasteiger partial charge in [0.25, 0.3) is 10.0 Å². The van der Waals surface area contributed by atoms with Crippen molar-refractivity contribution < 1.29 is 8.42 Å². The molecule has 0 aliphatic rings. The van der Waals surface area contributed by atoms with Crippen LogP contribution in [0.25, 0.3) is 10.9 Å². The Kier molecular flexibility index (Phi) is 5.59. The van der Waals surface area contributed by atoms with Gasteiger partial charge in [-0.05, 0) is 60.4 Å². The summed E-state index contributed by atoms with van der Waals surface area (Å²) < 4.78 is 28.0. The van der Waals surface area contributed by atoms with Crippen molar-refractivity contribution in [1.82, 2.24) is 8.96 Å². The van der Waals surface area contributed by atoms with Crippen molar-refractivity contribution in [1.29, 1.82) is 0 Å². The summed E-state index contributed by atoms with van der Waals surface area (Å²) in [4.78, 5) is 4.16. The van der Waals surface area contributed by atoms with Gasteiger partial charge in [-0.15, -0.1) is 0 Å². The molecule has 1 N–H and O–H groups in total. The first-order valence-electron chi connectivity index (χ1n) is 10.2. The monoisotopic (exact) mass is 419 g/mol. The Morgan fingerprint density at radius 2 is 1.83 bits per heavy atom. The minimum Gasteiger partial charge on any atom is -0.355 e. The summed E-state index contributed by atoms with van der Waals surface area (Å²) in [7, 11) is -3.74. The van der Waals surface area contributed by atoms with E-state index in [2.05, 4.69) is 36.3 Å². The van der Waals surface area contributed by atoms with Crippen LogP contribution in [0, 0.1) is 0 Å². The third-order valence-electron chi connectivity index (χ3n) is 5.19. The molecule has 5 nitrogen and oxygen atoms in total. The molecule has 6 heteroatoms. The largest absolute Gasteiger partial charge is 0.355 e. The maximum Gasteiger partial charge on any atom is 0.269 e. The zero-order valence-corrected chi connectivity index (χ0v) is 18.0. The van der Waals surface area contributed by atoms with E-state index in [0.717, 1.165) is 41.6 Å². The number of fused-ring (bicyclic) bond motifs is 1. The molecule has 4 aromatic rings. The maximum atomic E-state index is 13.3. The number of pyridine rings is 1. The molecular formula is C24H25N3O2S. The number of aryl methyl sites for hydroxylation is 2. The molecule has 2 aromatic carbocycles. The molecule has 0 spiro atoms. The molecule has 0 saturated heterocycles. The first kappa shape index (κ1) is 20.2. The number of aromatic nitrogens is 2. The van der Waals surface area contributed by atoms with Crippen molar-refractivity contribution >= 4 is 32.3 Å². The Morgan fingerprint density at radius 3 is 2.57 bits per heavy atom. The summed E-state index contributed by atoms with van der Waals surface area (Å²) in [5.41, 5.74) is 4.77. The zero-order chi connectivity index (χ0) is 21.1. The Labute approximate surface area is 177 Å². The predicted octanol–water partition coefficient (Wildman–Crippen LogP) is 5.53. The van der Waals surface area contributed by atoms with Crippen LogP contribution in [0.3, 0.4) is 0 Å². The number of nitrogens with zero attached hydrogens (tertiary/aromatic N) is 2. The third-order valence-corrected chi connectivity index (χ3v) is 6.85. The molecule has 0 radical (unpaired) electrons. The second-order valence-electron chi connectivity index (χ2n) is 7.30. The van der Waals surface area contributed by atoms with Gasteiger partial charge in [0.1, 0.15) is 4.90 Å². The molecule has 154 valence electrons. The minimum atomic E-state index is -3.74. The standard InChI is InChI=1S/C24H25N3O2S/c1-3-7-19-17-27(30(28,29)22-10-6-13-25-16-22)24-15-21(11-12-23(19)24)26-20-9-5-8-18(4-2)14-20/h5-6,8-17,26H,3-4,7H2,1-2H3. The highest BCUT2D eigenvalue weighted by molar-refractivity contribution is 7.90. The molecule has 2 aromatic heterocycles. The molecule has 0 saturated carbocycles. The summed E-state index contributed by atoms with van der Waals surface area (Å²) in [6.07, 6.45) is 7.42. The van der Waals surface area contributed by atoms with Crippen molar-refractivity contribution in [2.75, 3.05) is 5.32 Å². The van der Waals surface area contributed by atoms with Crippen molar-refractivity contribution in [3.63, 3.8) is 0 Å². The molecule has 0 amide bonds. The second-order valence-corrected chi connectivity index (χ2v) is 9.12. The van der Waals surface area contributed by atoms with Gasteiger partial charge in [0, 0.05) is 35.4 Å². The lowest BCUT2D eigenvalue weighted by atomic mass is 10.1. The molecule has 0 unspecified atom stereocenters. The van der Waals surface area contributed by atoms with E-state index in [9.17, 15) is 8.42 Å².